The minimum Gasteiger partial charge on any atom is -0.493 e. The summed E-state index contributed by atoms with van der Waals surface area (Å²) in [5.74, 6) is 1.02. The Bertz CT molecular complexity index is 481. The van der Waals surface area contributed by atoms with Crippen LogP contribution >= 0.6 is 0 Å². The second-order valence-electron chi connectivity index (χ2n) is 6.16. The van der Waals surface area contributed by atoms with E-state index in [1.807, 2.05) is 0 Å². The first kappa shape index (κ1) is 13.9. The molecule has 0 spiro atoms. The molecule has 1 aromatic rings. The van der Waals surface area contributed by atoms with Gasteiger partial charge in [0.1, 0.15) is 5.75 Å². The van der Waals surface area contributed by atoms with Crippen LogP contribution in [0, 0.1) is 0 Å². The van der Waals surface area contributed by atoms with E-state index in [9.17, 15) is 0 Å². The molecule has 2 N–H and O–H groups in total. The van der Waals surface area contributed by atoms with E-state index in [0.29, 0.717) is 0 Å². The van der Waals surface area contributed by atoms with Gasteiger partial charge in [-0.1, -0.05) is 18.2 Å². The van der Waals surface area contributed by atoms with Gasteiger partial charge in [0.2, 0.25) is 0 Å². The first-order valence-corrected chi connectivity index (χ1v) is 7.43. The van der Waals surface area contributed by atoms with Crippen LogP contribution in [0.5, 0.6) is 5.75 Å². The van der Waals surface area contributed by atoms with Crippen LogP contribution in [-0.4, -0.2) is 43.3 Å². The van der Waals surface area contributed by atoms with Crippen molar-refractivity contribution in [3.05, 3.63) is 29.3 Å². The number of hydrogen-bond donors (Lipinski definition) is 1. The van der Waals surface area contributed by atoms with Crippen LogP contribution in [0.3, 0.4) is 0 Å². The third-order valence-corrected chi connectivity index (χ3v) is 4.67. The van der Waals surface area contributed by atoms with Gasteiger partial charge in [-0.25, -0.2) is 0 Å². The molecule has 0 bridgehead atoms. The Labute approximate surface area is 120 Å². The van der Waals surface area contributed by atoms with Crippen LogP contribution in [0.25, 0.3) is 0 Å². The lowest BCUT2D eigenvalue weighted by Gasteiger charge is -2.44. The van der Waals surface area contributed by atoms with E-state index in [0.717, 1.165) is 50.6 Å². The minimum absolute atomic E-state index is 0.0614. The molecular formula is C16H24N2O2. The summed E-state index contributed by atoms with van der Waals surface area (Å²) in [5.41, 5.74) is 8.93. The molecule has 2 heterocycles. The number of nitrogens with two attached hydrogens (primary N) is 1. The second kappa shape index (κ2) is 5.35. The lowest BCUT2D eigenvalue weighted by molar-refractivity contribution is -0.0192. The summed E-state index contributed by atoms with van der Waals surface area (Å²) >= 11 is 0. The predicted molar refractivity (Wildman–Crippen MR) is 79.0 cm³/mol. The van der Waals surface area contributed by atoms with E-state index in [-0.39, 0.29) is 11.6 Å². The Balaban J connectivity index is 1.87. The highest BCUT2D eigenvalue weighted by molar-refractivity contribution is 5.46. The Morgan fingerprint density at radius 1 is 1.20 bits per heavy atom. The highest BCUT2D eigenvalue weighted by Crippen LogP contribution is 2.38. The Hall–Kier alpha value is -1.10. The zero-order valence-electron chi connectivity index (χ0n) is 12.4. The van der Waals surface area contributed by atoms with Crippen LogP contribution in [0.4, 0.5) is 0 Å². The van der Waals surface area contributed by atoms with Crippen molar-refractivity contribution in [2.45, 2.75) is 31.8 Å². The number of para-hydroxylation sites is 1. The molecule has 1 unspecified atom stereocenters. The zero-order chi connectivity index (χ0) is 14.2. The van der Waals surface area contributed by atoms with Gasteiger partial charge in [-0.15, -0.1) is 0 Å². The summed E-state index contributed by atoms with van der Waals surface area (Å²) in [5, 5.41) is 0. The number of fused-ring (bicyclic) bond motifs is 1. The maximum atomic E-state index is 6.61. The van der Waals surface area contributed by atoms with Crippen LogP contribution in [-0.2, 0) is 11.2 Å². The number of nitrogens with zero attached hydrogens (tertiary/aromatic N) is 1. The van der Waals surface area contributed by atoms with Crippen molar-refractivity contribution in [1.82, 2.24) is 4.90 Å². The SMILES string of the molecule is CC(C)(C(N)c1cccc2c1OCC2)N1CCOCC1. The average Bonchev–Trinajstić information content (AvgIpc) is 2.95. The molecular weight excluding hydrogens is 252 g/mol. The van der Waals surface area contributed by atoms with Gasteiger partial charge in [-0.05, 0) is 19.4 Å². The van der Waals surface area contributed by atoms with Crippen molar-refractivity contribution in [1.29, 1.82) is 0 Å². The van der Waals surface area contributed by atoms with Gasteiger partial charge in [-0.2, -0.15) is 0 Å². The Morgan fingerprint density at radius 3 is 2.70 bits per heavy atom. The molecule has 4 nitrogen and oxygen atoms in total. The molecule has 1 fully saturated rings. The van der Waals surface area contributed by atoms with Crippen LogP contribution < -0.4 is 10.5 Å². The Kier molecular flexibility index (Phi) is 3.71. The fourth-order valence-electron chi connectivity index (χ4n) is 3.20. The zero-order valence-corrected chi connectivity index (χ0v) is 12.4. The molecule has 0 aromatic heterocycles. The highest BCUT2D eigenvalue weighted by Gasteiger charge is 2.37. The van der Waals surface area contributed by atoms with Gasteiger partial charge >= 0.3 is 0 Å². The van der Waals surface area contributed by atoms with Gasteiger partial charge in [0.05, 0.1) is 25.9 Å². The van der Waals surface area contributed by atoms with Crippen LogP contribution in [0.2, 0.25) is 0 Å². The van der Waals surface area contributed by atoms with E-state index in [2.05, 4.69) is 36.9 Å². The van der Waals surface area contributed by atoms with E-state index >= 15 is 0 Å². The molecule has 1 atom stereocenters. The molecule has 0 amide bonds. The number of rotatable bonds is 3. The standard InChI is InChI=1S/C16H24N2O2/c1-16(2,18-7-10-19-11-8-18)15(17)13-5-3-4-12-6-9-20-14(12)13/h3-5,15H,6-11,17H2,1-2H3. The first-order valence-electron chi connectivity index (χ1n) is 7.43. The summed E-state index contributed by atoms with van der Waals surface area (Å²) in [7, 11) is 0. The summed E-state index contributed by atoms with van der Waals surface area (Å²) in [6, 6.07) is 6.28. The van der Waals surface area contributed by atoms with Gasteiger partial charge in [0.25, 0.3) is 0 Å². The predicted octanol–water partition coefficient (Wildman–Crippen LogP) is 1.73. The number of hydrogen-bond acceptors (Lipinski definition) is 4. The molecule has 2 aliphatic heterocycles. The third kappa shape index (κ3) is 2.32. The molecule has 4 heteroatoms. The van der Waals surface area contributed by atoms with Crippen molar-refractivity contribution >= 4 is 0 Å². The molecule has 0 radical (unpaired) electrons. The lowest BCUT2D eigenvalue weighted by atomic mass is 9.86. The maximum Gasteiger partial charge on any atom is 0.127 e. The molecule has 110 valence electrons. The fraction of sp³-hybridized carbons (Fsp3) is 0.625. The maximum absolute atomic E-state index is 6.61. The van der Waals surface area contributed by atoms with Crippen molar-refractivity contribution < 1.29 is 9.47 Å². The number of morpholine rings is 1. The molecule has 3 rings (SSSR count). The van der Waals surface area contributed by atoms with Crippen molar-refractivity contribution in [2.24, 2.45) is 5.73 Å². The fourth-order valence-corrected chi connectivity index (χ4v) is 3.20. The monoisotopic (exact) mass is 276 g/mol. The molecule has 2 aliphatic rings. The summed E-state index contributed by atoms with van der Waals surface area (Å²) in [6.45, 7) is 8.68. The first-order chi connectivity index (χ1) is 9.60. The molecule has 0 saturated carbocycles. The third-order valence-electron chi connectivity index (χ3n) is 4.67. The topological polar surface area (TPSA) is 47.7 Å². The largest absolute Gasteiger partial charge is 0.493 e. The van der Waals surface area contributed by atoms with Crippen molar-refractivity contribution in [2.75, 3.05) is 32.9 Å². The van der Waals surface area contributed by atoms with E-state index in [4.69, 9.17) is 15.2 Å². The van der Waals surface area contributed by atoms with Crippen LogP contribution in [0.1, 0.15) is 31.0 Å². The number of ether oxygens (including phenoxy) is 2. The van der Waals surface area contributed by atoms with E-state index in [1.54, 1.807) is 0 Å². The minimum atomic E-state index is -0.106. The molecule has 0 aliphatic carbocycles. The summed E-state index contributed by atoms with van der Waals surface area (Å²) < 4.78 is 11.3. The van der Waals surface area contributed by atoms with E-state index < -0.39 is 0 Å². The Morgan fingerprint density at radius 2 is 1.95 bits per heavy atom. The second-order valence-corrected chi connectivity index (χ2v) is 6.16. The normalized spacial score (nSPS) is 21.4. The molecule has 20 heavy (non-hydrogen) atoms. The van der Waals surface area contributed by atoms with Gasteiger partial charge in [0.15, 0.2) is 0 Å². The van der Waals surface area contributed by atoms with Gasteiger partial charge < -0.3 is 15.2 Å². The van der Waals surface area contributed by atoms with Crippen molar-refractivity contribution in [3.63, 3.8) is 0 Å². The highest BCUT2D eigenvalue weighted by atomic mass is 16.5. The van der Waals surface area contributed by atoms with E-state index in [1.165, 1.54) is 5.56 Å². The molecule has 1 saturated heterocycles. The summed E-state index contributed by atoms with van der Waals surface area (Å²) in [4.78, 5) is 2.43. The average molecular weight is 276 g/mol. The summed E-state index contributed by atoms with van der Waals surface area (Å²) in [6.07, 6.45) is 0.994. The van der Waals surface area contributed by atoms with Crippen molar-refractivity contribution in [3.8, 4) is 5.75 Å². The quantitative estimate of drug-likeness (QED) is 0.913. The van der Waals surface area contributed by atoms with Gasteiger partial charge in [-0.3, -0.25) is 4.90 Å². The number of benzene rings is 1. The lowest BCUT2D eigenvalue weighted by Crippen LogP contribution is -2.55. The van der Waals surface area contributed by atoms with Gasteiger partial charge in [0, 0.05) is 30.6 Å². The smallest absolute Gasteiger partial charge is 0.127 e. The van der Waals surface area contributed by atoms with Crippen LogP contribution in [0.15, 0.2) is 18.2 Å². The molecule has 1 aromatic carbocycles.